The first-order chi connectivity index (χ1) is 11.7. The highest BCUT2D eigenvalue weighted by atomic mass is 16.2. The summed E-state index contributed by atoms with van der Waals surface area (Å²) in [5.41, 5.74) is 3.74. The number of carbonyl (C=O) groups excluding carboxylic acids is 2. The molecule has 0 saturated carbocycles. The first kappa shape index (κ1) is 14.7. The van der Waals surface area contributed by atoms with Crippen LogP contribution in [-0.4, -0.2) is 22.8 Å². The molecular formula is C20H18N2O2. The molecule has 4 nitrogen and oxygen atoms in total. The molecule has 2 aromatic carbocycles. The van der Waals surface area contributed by atoms with Crippen molar-refractivity contribution in [2.75, 3.05) is 4.90 Å². The Kier molecular flexibility index (Phi) is 3.45. The van der Waals surface area contributed by atoms with E-state index in [2.05, 4.69) is 13.0 Å². The van der Waals surface area contributed by atoms with Gasteiger partial charge in [0.2, 0.25) is 5.91 Å². The number of fused-ring (bicyclic) bond motifs is 2. The molecule has 1 aliphatic heterocycles. The van der Waals surface area contributed by atoms with Crippen molar-refractivity contribution < 1.29 is 9.59 Å². The lowest BCUT2D eigenvalue weighted by Crippen LogP contribution is -2.37. The Morgan fingerprint density at radius 3 is 2.75 bits per heavy atom. The molecule has 0 saturated heterocycles. The molecule has 3 aromatic rings. The molecule has 1 amide bonds. The van der Waals surface area contributed by atoms with E-state index in [0.717, 1.165) is 29.3 Å². The average molecular weight is 318 g/mol. The molecule has 4 heteroatoms. The molecule has 0 unspecified atom stereocenters. The molecule has 2 heterocycles. The monoisotopic (exact) mass is 318 g/mol. The molecule has 0 fully saturated rings. The van der Waals surface area contributed by atoms with E-state index >= 15 is 0 Å². The van der Waals surface area contributed by atoms with E-state index in [0.29, 0.717) is 5.56 Å². The zero-order chi connectivity index (χ0) is 16.7. The molecule has 0 radical (unpaired) electrons. The predicted octanol–water partition coefficient (Wildman–Crippen LogP) is 3.43. The van der Waals surface area contributed by atoms with Crippen LogP contribution in [0.4, 0.5) is 5.69 Å². The van der Waals surface area contributed by atoms with Crippen LogP contribution in [-0.2, 0) is 17.8 Å². The maximum atomic E-state index is 12.9. The molecule has 0 N–H and O–H groups in total. The van der Waals surface area contributed by atoms with Crippen LogP contribution in [0.2, 0.25) is 0 Å². The number of hydrogen-bond acceptors (Lipinski definition) is 2. The molecule has 4 rings (SSSR count). The second-order valence-electron chi connectivity index (χ2n) is 6.29. The van der Waals surface area contributed by atoms with E-state index in [9.17, 15) is 9.59 Å². The van der Waals surface area contributed by atoms with Crippen molar-refractivity contribution in [3.63, 3.8) is 0 Å². The van der Waals surface area contributed by atoms with Crippen LogP contribution in [0.15, 0.2) is 54.7 Å². The van der Waals surface area contributed by atoms with Crippen LogP contribution in [0.3, 0.4) is 0 Å². The first-order valence-electron chi connectivity index (χ1n) is 8.12. The molecule has 1 aliphatic rings. The van der Waals surface area contributed by atoms with Gasteiger partial charge in [-0.25, -0.2) is 0 Å². The Labute approximate surface area is 140 Å². The minimum Gasteiger partial charge on any atom is -0.337 e. The van der Waals surface area contributed by atoms with Crippen LogP contribution in [0.1, 0.15) is 22.8 Å². The fourth-order valence-corrected chi connectivity index (χ4v) is 3.67. The normalized spacial score (nSPS) is 16.4. The maximum Gasteiger partial charge on any atom is 0.247 e. The summed E-state index contributed by atoms with van der Waals surface area (Å²) >= 11 is 0. The van der Waals surface area contributed by atoms with E-state index in [1.807, 2.05) is 51.9 Å². The molecule has 120 valence electrons. The standard InChI is InChI=1S/C20H18N2O2/c1-14-10-15-6-2-4-8-18(15)22(14)20(24)12-21-11-16(13-23)17-7-3-5-9-19(17)21/h2-9,11,13-14H,10,12H2,1H3/t14-/m1/s1. The van der Waals surface area contributed by atoms with Gasteiger partial charge in [0.15, 0.2) is 6.29 Å². The highest BCUT2D eigenvalue weighted by Crippen LogP contribution is 2.32. The third-order valence-corrected chi connectivity index (χ3v) is 4.73. The summed E-state index contributed by atoms with van der Waals surface area (Å²) < 4.78 is 1.87. The van der Waals surface area contributed by atoms with Gasteiger partial charge in [0.05, 0.1) is 0 Å². The predicted molar refractivity (Wildman–Crippen MR) is 94.4 cm³/mol. The average Bonchev–Trinajstić information content (AvgIpc) is 3.12. The summed E-state index contributed by atoms with van der Waals surface area (Å²) in [5.74, 6) is 0.0469. The number of anilines is 1. The van der Waals surface area contributed by atoms with Gasteiger partial charge in [-0.1, -0.05) is 36.4 Å². The lowest BCUT2D eigenvalue weighted by Gasteiger charge is -2.23. The molecule has 1 atom stereocenters. The minimum absolute atomic E-state index is 0.0469. The van der Waals surface area contributed by atoms with Crippen LogP contribution in [0, 0.1) is 0 Å². The van der Waals surface area contributed by atoms with E-state index in [4.69, 9.17) is 0 Å². The Hall–Kier alpha value is -2.88. The molecule has 1 aromatic heterocycles. The Bertz CT molecular complexity index is 942. The van der Waals surface area contributed by atoms with Crippen molar-refractivity contribution >= 4 is 28.8 Å². The number of carbonyl (C=O) groups is 2. The second-order valence-corrected chi connectivity index (χ2v) is 6.29. The zero-order valence-corrected chi connectivity index (χ0v) is 13.5. The Balaban J connectivity index is 1.69. The minimum atomic E-state index is 0.0469. The highest BCUT2D eigenvalue weighted by Gasteiger charge is 2.30. The zero-order valence-electron chi connectivity index (χ0n) is 13.5. The third-order valence-electron chi connectivity index (χ3n) is 4.73. The van der Waals surface area contributed by atoms with Crippen LogP contribution in [0.5, 0.6) is 0 Å². The largest absolute Gasteiger partial charge is 0.337 e. The highest BCUT2D eigenvalue weighted by molar-refractivity contribution is 6.00. The van der Waals surface area contributed by atoms with Gasteiger partial charge in [-0.15, -0.1) is 0 Å². The molecular weight excluding hydrogens is 300 g/mol. The van der Waals surface area contributed by atoms with Gasteiger partial charge in [0.25, 0.3) is 0 Å². The summed E-state index contributed by atoms with van der Waals surface area (Å²) in [6, 6.07) is 15.9. The van der Waals surface area contributed by atoms with Gasteiger partial charge in [0, 0.05) is 34.4 Å². The van der Waals surface area contributed by atoms with E-state index in [1.54, 1.807) is 6.20 Å². The van der Waals surface area contributed by atoms with Crippen molar-refractivity contribution in [3.05, 3.63) is 65.9 Å². The smallest absolute Gasteiger partial charge is 0.247 e. The SMILES string of the molecule is C[C@@H]1Cc2ccccc2N1C(=O)Cn1cc(C=O)c2ccccc21. The Morgan fingerprint density at radius 2 is 1.92 bits per heavy atom. The first-order valence-corrected chi connectivity index (χ1v) is 8.12. The number of rotatable bonds is 3. The van der Waals surface area contributed by atoms with E-state index in [1.165, 1.54) is 5.56 Å². The number of hydrogen-bond donors (Lipinski definition) is 0. The number of amides is 1. The van der Waals surface area contributed by atoms with Crippen molar-refractivity contribution in [1.29, 1.82) is 0 Å². The molecule has 0 aliphatic carbocycles. The fraction of sp³-hybridized carbons (Fsp3) is 0.200. The topological polar surface area (TPSA) is 42.3 Å². The molecule has 0 spiro atoms. The van der Waals surface area contributed by atoms with Gasteiger partial charge >= 0.3 is 0 Å². The van der Waals surface area contributed by atoms with Crippen molar-refractivity contribution in [1.82, 2.24) is 4.57 Å². The van der Waals surface area contributed by atoms with Gasteiger partial charge in [-0.05, 0) is 31.0 Å². The van der Waals surface area contributed by atoms with Gasteiger partial charge in [-0.2, -0.15) is 0 Å². The van der Waals surface area contributed by atoms with E-state index < -0.39 is 0 Å². The summed E-state index contributed by atoms with van der Waals surface area (Å²) in [6.45, 7) is 2.30. The summed E-state index contributed by atoms with van der Waals surface area (Å²) in [6.07, 6.45) is 3.49. The summed E-state index contributed by atoms with van der Waals surface area (Å²) in [7, 11) is 0. The van der Waals surface area contributed by atoms with Crippen LogP contribution in [0.25, 0.3) is 10.9 Å². The lowest BCUT2D eigenvalue weighted by molar-refractivity contribution is -0.119. The molecule has 0 bridgehead atoms. The third kappa shape index (κ3) is 2.22. The van der Waals surface area contributed by atoms with Crippen molar-refractivity contribution in [2.24, 2.45) is 0 Å². The number of nitrogens with zero attached hydrogens (tertiary/aromatic N) is 2. The Morgan fingerprint density at radius 1 is 1.17 bits per heavy atom. The van der Waals surface area contributed by atoms with E-state index in [-0.39, 0.29) is 18.5 Å². The second kappa shape index (κ2) is 5.64. The lowest BCUT2D eigenvalue weighted by atomic mass is 10.1. The number of aromatic nitrogens is 1. The number of benzene rings is 2. The van der Waals surface area contributed by atoms with Gasteiger partial charge < -0.3 is 9.47 Å². The summed E-state index contributed by atoms with van der Waals surface area (Å²) in [4.78, 5) is 26.1. The molecule has 24 heavy (non-hydrogen) atoms. The summed E-state index contributed by atoms with van der Waals surface area (Å²) in [5, 5.41) is 0.884. The quantitative estimate of drug-likeness (QED) is 0.694. The van der Waals surface area contributed by atoms with Gasteiger partial charge in [-0.3, -0.25) is 9.59 Å². The van der Waals surface area contributed by atoms with Crippen LogP contribution >= 0.6 is 0 Å². The van der Waals surface area contributed by atoms with Crippen molar-refractivity contribution in [2.45, 2.75) is 25.9 Å². The number of para-hydroxylation sites is 2. The van der Waals surface area contributed by atoms with Crippen molar-refractivity contribution in [3.8, 4) is 0 Å². The van der Waals surface area contributed by atoms with Gasteiger partial charge in [0.1, 0.15) is 6.54 Å². The maximum absolute atomic E-state index is 12.9. The van der Waals surface area contributed by atoms with Crippen LogP contribution < -0.4 is 4.90 Å². The fourth-order valence-electron chi connectivity index (χ4n) is 3.67. The number of aldehydes is 1.